The van der Waals surface area contributed by atoms with Crippen molar-refractivity contribution in [3.63, 3.8) is 0 Å². The van der Waals surface area contributed by atoms with Crippen LogP contribution in [0.25, 0.3) is 11.6 Å². The molecule has 0 atom stereocenters. The van der Waals surface area contributed by atoms with E-state index in [0.717, 1.165) is 0 Å². The monoisotopic (exact) mass is 528 g/mol. The molecule has 0 saturated carbocycles. The number of benzene rings is 3. The van der Waals surface area contributed by atoms with Crippen LogP contribution < -0.4 is 20.9 Å². The van der Waals surface area contributed by atoms with Crippen molar-refractivity contribution in [3.8, 4) is 11.5 Å². The number of hydrogen-bond acceptors (Lipinski definition) is 7. The summed E-state index contributed by atoms with van der Waals surface area (Å²) in [5.41, 5.74) is 14.2. The molecule has 0 radical (unpaired) electrons. The molecule has 0 amide bonds. The van der Waals surface area contributed by atoms with Gasteiger partial charge in [0.1, 0.15) is 11.5 Å². The molecule has 0 unspecified atom stereocenters. The van der Waals surface area contributed by atoms with Gasteiger partial charge in [0.2, 0.25) is 0 Å². The standard InChI is InChI=1S/C28H27F3N2O5/c1-2-36-27(35)24(23-17-20(32)8-13-25(23)33)16-18-4-9-22(10-5-18)38-26(34)19-6-11-21(12-7-19)37-15-3-14-28(29,30)31/h4-13,16-17H,2-3,14-15,32-33H2,1H3. The highest BCUT2D eigenvalue weighted by Gasteiger charge is 2.26. The van der Waals surface area contributed by atoms with E-state index in [1.54, 1.807) is 55.5 Å². The smallest absolute Gasteiger partial charge is 0.389 e. The molecule has 3 aromatic carbocycles. The van der Waals surface area contributed by atoms with Crippen molar-refractivity contribution in [2.45, 2.75) is 25.9 Å². The second-order valence-electron chi connectivity index (χ2n) is 8.18. The van der Waals surface area contributed by atoms with E-state index < -0.39 is 24.5 Å². The minimum absolute atomic E-state index is 0.0910. The maximum absolute atomic E-state index is 12.6. The van der Waals surface area contributed by atoms with Crippen molar-refractivity contribution in [1.82, 2.24) is 0 Å². The number of hydrogen-bond donors (Lipinski definition) is 2. The Labute approximate surface area is 217 Å². The summed E-state index contributed by atoms with van der Waals surface area (Å²) >= 11 is 0. The SMILES string of the molecule is CCOC(=O)C(=Cc1ccc(OC(=O)c2ccc(OCCCC(F)(F)F)cc2)cc1)c1cc(N)ccc1N. The number of halogens is 3. The van der Waals surface area contributed by atoms with E-state index in [1.165, 1.54) is 24.3 Å². The fourth-order valence-corrected chi connectivity index (χ4v) is 3.38. The largest absolute Gasteiger partial charge is 0.494 e. The fraction of sp³-hybridized carbons (Fsp3) is 0.214. The van der Waals surface area contributed by atoms with Crippen LogP contribution in [-0.2, 0) is 9.53 Å². The molecule has 0 aliphatic rings. The van der Waals surface area contributed by atoms with Crippen LogP contribution in [0.2, 0.25) is 0 Å². The highest BCUT2D eigenvalue weighted by molar-refractivity contribution is 6.23. The topological polar surface area (TPSA) is 114 Å². The van der Waals surface area contributed by atoms with E-state index in [9.17, 15) is 22.8 Å². The molecule has 0 saturated heterocycles. The number of nitrogen functional groups attached to an aromatic ring is 2. The number of anilines is 2. The molecule has 3 rings (SSSR count). The Morgan fingerprint density at radius 2 is 1.58 bits per heavy atom. The zero-order valence-corrected chi connectivity index (χ0v) is 20.6. The Kier molecular flexibility index (Phi) is 9.37. The zero-order valence-electron chi connectivity index (χ0n) is 20.6. The summed E-state index contributed by atoms with van der Waals surface area (Å²) in [4.78, 5) is 25.1. The van der Waals surface area contributed by atoms with Crippen LogP contribution in [0.4, 0.5) is 24.5 Å². The first-order valence-corrected chi connectivity index (χ1v) is 11.7. The fourth-order valence-electron chi connectivity index (χ4n) is 3.38. The van der Waals surface area contributed by atoms with Gasteiger partial charge in [-0.3, -0.25) is 0 Å². The van der Waals surface area contributed by atoms with Gasteiger partial charge >= 0.3 is 18.1 Å². The molecule has 0 spiro atoms. The molecule has 0 bridgehead atoms. The molecular weight excluding hydrogens is 501 g/mol. The van der Waals surface area contributed by atoms with Crippen molar-refractivity contribution in [2.75, 3.05) is 24.7 Å². The molecule has 0 aromatic heterocycles. The Hall–Kier alpha value is -4.47. The van der Waals surface area contributed by atoms with E-state index in [-0.39, 0.29) is 36.5 Å². The van der Waals surface area contributed by atoms with Gasteiger partial charge in [0.05, 0.1) is 24.4 Å². The van der Waals surface area contributed by atoms with Crippen molar-refractivity contribution in [3.05, 3.63) is 83.4 Å². The molecule has 7 nitrogen and oxygen atoms in total. The summed E-state index contributed by atoms with van der Waals surface area (Å²) in [6, 6.07) is 17.1. The summed E-state index contributed by atoms with van der Waals surface area (Å²) in [5, 5.41) is 0. The average Bonchev–Trinajstić information content (AvgIpc) is 2.87. The van der Waals surface area contributed by atoms with Gasteiger partial charge in [-0.2, -0.15) is 13.2 Å². The van der Waals surface area contributed by atoms with Crippen molar-refractivity contribution in [1.29, 1.82) is 0 Å². The Morgan fingerprint density at radius 1 is 0.921 bits per heavy atom. The molecule has 0 heterocycles. The number of rotatable bonds is 10. The van der Waals surface area contributed by atoms with Crippen molar-refractivity contribution >= 4 is 35.0 Å². The second-order valence-corrected chi connectivity index (χ2v) is 8.18. The summed E-state index contributed by atoms with van der Waals surface area (Å²) in [7, 11) is 0. The molecule has 10 heteroatoms. The molecule has 0 aliphatic heterocycles. The van der Waals surface area contributed by atoms with Crippen LogP contribution in [-0.4, -0.2) is 31.3 Å². The average molecular weight is 529 g/mol. The number of ether oxygens (including phenoxy) is 3. The minimum atomic E-state index is -4.22. The maximum Gasteiger partial charge on any atom is 0.389 e. The lowest BCUT2D eigenvalue weighted by Gasteiger charge is -2.11. The lowest BCUT2D eigenvalue weighted by molar-refractivity contribution is -0.137. The summed E-state index contributed by atoms with van der Waals surface area (Å²) in [6.45, 7) is 1.78. The first-order chi connectivity index (χ1) is 18.1. The lowest BCUT2D eigenvalue weighted by Crippen LogP contribution is -2.10. The molecule has 200 valence electrons. The van der Waals surface area contributed by atoms with E-state index in [0.29, 0.717) is 28.3 Å². The lowest BCUT2D eigenvalue weighted by atomic mass is 10.0. The molecule has 0 aliphatic carbocycles. The van der Waals surface area contributed by atoms with E-state index >= 15 is 0 Å². The first-order valence-electron chi connectivity index (χ1n) is 11.7. The first kappa shape index (κ1) is 28.1. The highest BCUT2D eigenvalue weighted by atomic mass is 19.4. The third kappa shape index (κ3) is 8.29. The van der Waals surface area contributed by atoms with Crippen LogP contribution in [0.5, 0.6) is 11.5 Å². The van der Waals surface area contributed by atoms with Gasteiger partial charge in [-0.1, -0.05) is 12.1 Å². The summed E-state index contributed by atoms with van der Waals surface area (Å²) in [5.74, 6) is -0.580. The minimum Gasteiger partial charge on any atom is -0.494 e. The second kappa shape index (κ2) is 12.7. The van der Waals surface area contributed by atoms with Gasteiger partial charge < -0.3 is 25.7 Å². The quantitative estimate of drug-likeness (QED) is 0.0842. The molecule has 3 aromatic rings. The van der Waals surface area contributed by atoms with Crippen LogP contribution in [0.3, 0.4) is 0 Å². The molecule has 4 N–H and O–H groups in total. The summed E-state index contributed by atoms with van der Waals surface area (Å²) in [6.07, 6.45) is -3.71. The predicted octanol–water partition coefficient (Wildman–Crippen LogP) is 5.90. The number of carbonyl (C=O) groups is 2. The number of esters is 2. The zero-order chi connectivity index (χ0) is 27.7. The number of alkyl halides is 3. The molecular formula is C28H27F3N2O5. The van der Waals surface area contributed by atoms with Crippen LogP contribution in [0.1, 0.15) is 41.3 Å². The van der Waals surface area contributed by atoms with E-state index in [4.69, 9.17) is 25.7 Å². The van der Waals surface area contributed by atoms with Gasteiger partial charge in [-0.15, -0.1) is 0 Å². The van der Waals surface area contributed by atoms with Crippen LogP contribution in [0.15, 0.2) is 66.7 Å². The Balaban J connectivity index is 1.67. The van der Waals surface area contributed by atoms with E-state index in [1.807, 2.05) is 0 Å². The highest BCUT2D eigenvalue weighted by Crippen LogP contribution is 2.28. The predicted molar refractivity (Wildman–Crippen MR) is 138 cm³/mol. The van der Waals surface area contributed by atoms with Crippen molar-refractivity contribution in [2.24, 2.45) is 0 Å². The maximum atomic E-state index is 12.6. The molecule has 0 fully saturated rings. The summed E-state index contributed by atoms with van der Waals surface area (Å²) < 4.78 is 52.4. The number of nitrogens with two attached hydrogens (primary N) is 2. The third-order valence-corrected chi connectivity index (χ3v) is 5.23. The van der Waals surface area contributed by atoms with Gasteiger partial charge in [0.25, 0.3) is 0 Å². The van der Waals surface area contributed by atoms with Crippen LogP contribution >= 0.6 is 0 Å². The normalized spacial score (nSPS) is 11.6. The van der Waals surface area contributed by atoms with E-state index in [2.05, 4.69) is 0 Å². The van der Waals surface area contributed by atoms with Gasteiger partial charge in [0.15, 0.2) is 0 Å². The van der Waals surface area contributed by atoms with Crippen molar-refractivity contribution < 1.29 is 37.0 Å². The number of carbonyl (C=O) groups excluding carboxylic acids is 2. The Morgan fingerprint density at radius 3 is 2.21 bits per heavy atom. The molecule has 38 heavy (non-hydrogen) atoms. The third-order valence-electron chi connectivity index (χ3n) is 5.23. The Bertz CT molecular complexity index is 1290. The van der Waals surface area contributed by atoms with Gasteiger partial charge in [0, 0.05) is 23.4 Å². The van der Waals surface area contributed by atoms with Gasteiger partial charge in [-0.25, -0.2) is 9.59 Å². The van der Waals surface area contributed by atoms with Gasteiger partial charge in [-0.05, 0) is 79.6 Å². The van der Waals surface area contributed by atoms with Crippen LogP contribution in [0, 0.1) is 0 Å².